The van der Waals surface area contributed by atoms with Crippen molar-refractivity contribution in [3.05, 3.63) is 30.1 Å². The third-order valence-electron chi connectivity index (χ3n) is 1.95. The lowest BCUT2D eigenvalue weighted by molar-refractivity contribution is -0.144. The Kier molecular flexibility index (Phi) is 4.30. The zero-order valence-corrected chi connectivity index (χ0v) is 8.51. The Balaban J connectivity index is 2.84. The Hall–Kier alpha value is -1.89. The summed E-state index contributed by atoms with van der Waals surface area (Å²) in [4.78, 5) is 15.4. The number of carbonyl (C=O) groups excluding carboxylic acids is 1. The number of hydrogen-bond donors (Lipinski definition) is 0. The minimum absolute atomic E-state index is 0.116. The quantitative estimate of drug-likeness (QED) is 0.699. The molecular formula is C11H12N2O2. The first kappa shape index (κ1) is 11.2. The van der Waals surface area contributed by atoms with Crippen LogP contribution in [0.5, 0.6) is 0 Å². The molecule has 15 heavy (non-hydrogen) atoms. The number of ether oxygens (including phenoxy) is 1. The summed E-state index contributed by atoms with van der Waals surface area (Å²) in [5, 5.41) is 8.64. The van der Waals surface area contributed by atoms with Gasteiger partial charge in [-0.15, -0.1) is 0 Å². The van der Waals surface area contributed by atoms with Crippen molar-refractivity contribution >= 4 is 5.97 Å². The molecule has 4 nitrogen and oxygen atoms in total. The van der Waals surface area contributed by atoms with E-state index in [1.54, 1.807) is 31.5 Å². The summed E-state index contributed by atoms with van der Waals surface area (Å²) >= 11 is 0. The van der Waals surface area contributed by atoms with Crippen molar-refractivity contribution in [3.8, 4) is 6.07 Å². The zero-order valence-electron chi connectivity index (χ0n) is 8.51. The number of rotatable bonds is 4. The molecular weight excluding hydrogens is 192 g/mol. The Labute approximate surface area is 88.5 Å². The summed E-state index contributed by atoms with van der Waals surface area (Å²) in [5.41, 5.74) is 0.720. The van der Waals surface area contributed by atoms with Crippen molar-refractivity contribution in [2.45, 2.75) is 19.3 Å². The molecule has 0 amide bonds. The summed E-state index contributed by atoms with van der Waals surface area (Å²) < 4.78 is 4.89. The fourth-order valence-corrected chi connectivity index (χ4v) is 1.25. The van der Waals surface area contributed by atoms with Gasteiger partial charge in [0, 0.05) is 12.4 Å². The van der Waals surface area contributed by atoms with E-state index in [0.29, 0.717) is 6.61 Å². The first-order valence-corrected chi connectivity index (χ1v) is 4.73. The second-order valence-corrected chi connectivity index (χ2v) is 2.95. The van der Waals surface area contributed by atoms with Crippen molar-refractivity contribution in [1.29, 1.82) is 5.26 Å². The van der Waals surface area contributed by atoms with Gasteiger partial charge in [0.1, 0.15) is 0 Å². The van der Waals surface area contributed by atoms with Gasteiger partial charge in [0.2, 0.25) is 0 Å². The SMILES string of the molecule is CCOC(=O)C(CC#N)c1cccnc1. The molecule has 1 rings (SSSR count). The van der Waals surface area contributed by atoms with Crippen molar-refractivity contribution in [2.75, 3.05) is 6.61 Å². The van der Waals surface area contributed by atoms with Crippen LogP contribution in [0.15, 0.2) is 24.5 Å². The van der Waals surface area contributed by atoms with E-state index in [4.69, 9.17) is 10.00 Å². The van der Waals surface area contributed by atoms with Gasteiger partial charge in [-0.25, -0.2) is 0 Å². The molecule has 1 aromatic heterocycles. The van der Waals surface area contributed by atoms with Crippen LogP contribution in [0.25, 0.3) is 0 Å². The smallest absolute Gasteiger partial charge is 0.314 e. The van der Waals surface area contributed by atoms with Crippen LogP contribution in [0, 0.1) is 11.3 Å². The molecule has 0 aliphatic rings. The monoisotopic (exact) mass is 204 g/mol. The Morgan fingerprint density at radius 2 is 2.53 bits per heavy atom. The van der Waals surface area contributed by atoms with Crippen LogP contribution in [0.3, 0.4) is 0 Å². The van der Waals surface area contributed by atoms with Crippen LogP contribution in [0.2, 0.25) is 0 Å². The van der Waals surface area contributed by atoms with Crippen molar-refractivity contribution in [2.24, 2.45) is 0 Å². The Morgan fingerprint density at radius 1 is 1.73 bits per heavy atom. The van der Waals surface area contributed by atoms with Crippen LogP contribution in [0.1, 0.15) is 24.8 Å². The molecule has 0 aliphatic carbocycles. The summed E-state index contributed by atoms with van der Waals surface area (Å²) in [7, 11) is 0. The molecule has 0 spiro atoms. The maximum Gasteiger partial charge on any atom is 0.314 e. The zero-order chi connectivity index (χ0) is 11.1. The molecule has 0 aliphatic heterocycles. The van der Waals surface area contributed by atoms with E-state index in [-0.39, 0.29) is 12.4 Å². The highest BCUT2D eigenvalue weighted by Crippen LogP contribution is 2.19. The number of esters is 1. The molecule has 0 fully saturated rings. The van der Waals surface area contributed by atoms with Crippen molar-refractivity contribution in [3.63, 3.8) is 0 Å². The van der Waals surface area contributed by atoms with E-state index in [1.807, 2.05) is 6.07 Å². The van der Waals surface area contributed by atoms with Crippen LogP contribution < -0.4 is 0 Å². The van der Waals surface area contributed by atoms with Crippen LogP contribution in [-0.4, -0.2) is 17.6 Å². The van der Waals surface area contributed by atoms with Crippen molar-refractivity contribution in [1.82, 2.24) is 4.98 Å². The van der Waals surface area contributed by atoms with Gasteiger partial charge in [0.15, 0.2) is 0 Å². The minimum Gasteiger partial charge on any atom is -0.465 e. The molecule has 0 N–H and O–H groups in total. The largest absolute Gasteiger partial charge is 0.465 e. The third kappa shape index (κ3) is 3.06. The number of pyridine rings is 1. The van der Waals surface area contributed by atoms with Gasteiger partial charge in [-0.2, -0.15) is 5.26 Å². The van der Waals surface area contributed by atoms with Gasteiger partial charge in [0.25, 0.3) is 0 Å². The first-order valence-electron chi connectivity index (χ1n) is 4.73. The number of carbonyl (C=O) groups is 1. The topological polar surface area (TPSA) is 63.0 Å². The molecule has 0 bridgehead atoms. The van der Waals surface area contributed by atoms with Gasteiger partial charge in [-0.05, 0) is 18.6 Å². The summed E-state index contributed by atoms with van der Waals surface area (Å²) in [6.45, 7) is 2.06. The summed E-state index contributed by atoms with van der Waals surface area (Å²) in [6.07, 6.45) is 3.32. The van der Waals surface area contributed by atoms with Gasteiger partial charge in [-0.1, -0.05) is 6.07 Å². The van der Waals surface area contributed by atoms with Crippen molar-refractivity contribution < 1.29 is 9.53 Å². The predicted molar refractivity (Wildman–Crippen MR) is 53.8 cm³/mol. The summed E-state index contributed by atoms with van der Waals surface area (Å²) in [5.74, 6) is -0.893. The lowest BCUT2D eigenvalue weighted by Gasteiger charge is -2.11. The Morgan fingerprint density at radius 3 is 3.07 bits per heavy atom. The molecule has 1 heterocycles. The normalized spacial score (nSPS) is 11.5. The van der Waals surface area contributed by atoms with Gasteiger partial charge < -0.3 is 4.74 Å². The second kappa shape index (κ2) is 5.76. The molecule has 1 aromatic rings. The van der Waals surface area contributed by atoms with Crippen LogP contribution in [0.4, 0.5) is 0 Å². The molecule has 0 aromatic carbocycles. The molecule has 4 heteroatoms. The number of aromatic nitrogens is 1. The van der Waals surface area contributed by atoms with E-state index in [9.17, 15) is 4.79 Å². The van der Waals surface area contributed by atoms with E-state index >= 15 is 0 Å². The fourth-order valence-electron chi connectivity index (χ4n) is 1.25. The standard InChI is InChI=1S/C11H12N2O2/c1-2-15-11(14)10(5-6-12)9-4-3-7-13-8-9/h3-4,7-8,10H,2,5H2,1H3. The molecule has 1 unspecified atom stereocenters. The van der Waals surface area contributed by atoms with Gasteiger partial charge >= 0.3 is 5.97 Å². The lowest BCUT2D eigenvalue weighted by Crippen LogP contribution is -2.15. The van der Waals surface area contributed by atoms with Crippen LogP contribution >= 0.6 is 0 Å². The molecule has 0 saturated heterocycles. The first-order chi connectivity index (χ1) is 7.29. The van der Waals surface area contributed by atoms with Gasteiger partial charge in [-0.3, -0.25) is 9.78 Å². The van der Waals surface area contributed by atoms with Crippen LogP contribution in [-0.2, 0) is 9.53 Å². The molecule has 78 valence electrons. The molecule has 0 radical (unpaired) electrons. The number of nitrogens with zero attached hydrogens (tertiary/aromatic N) is 2. The maximum atomic E-state index is 11.5. The minimum atomic E-state index is -0.524. The molecule has 1 atom stereocenters. The average molecular weight is 204 g/mol. The second-order valence-electron chi connectivity index (χ2n) is 2.95. The Bertz CT molecular complexity index is 357. The number of nitriles is 1. The van der Waals surface area contributed by atoms with E-state index < -0.39 is 5.92 Å². The maximum absolute atomic E-state index is 11.5. The predicted octanol–water partition coefficient (Wildman–Crippen LogP) is 1.64. The number of hydrogen-bond acceptors (Lipinski definition) is 4. The van der Waals surface area contributed by atoms with E-state index in [0.717, 1.165) is 5.56 Å². The third-order valence-corrected chi connectivity index (χ3v) is 1.95. The highest BCUT2D eigenvalue weighted by atomic mass is 16.5. The summed E-state index contributed by atoms with van der Waals surface area (Å²) in [6, 6.07) is 5.48. The van der Waals surface area contributed by atoms with Gasteiger partial charge in [0.05, 0.1) is 25.0 Å². The fraction of sp³-hybridized carbons (Fsp3) is 0.364. The lowest BCUT2D eigenvalue weighted by atomic mass is 9.98. The highest BCUT2D eigenvalue weighted by molar-refractivity contribution is 5.78. The highest BCUT2D eigenvalue weighted by Gasteiger charge is 2.21. The van der Waals surface area contributed by atoms with E-state index in [1.165, 1.54) is 0 Å². The van der Waals surface area contributed by atoms with E-state index in [2.05, 4.69) is 4.98 Å². The average Bonchev–Trinajstić information content (AvgIpc) is 2.27. The molecule has 0 saturated carbocycles.